The molecule has 0 unspecified atom stereocenters. The lowest BCUT2D eigenvalue weighted by molar-refractivity contribution is 0.972. The molecule has 1 aliphatic rings. The highest BCUT2D eigenvalue weighted by atomic mass is 14.2. The summed E-state index contributed by atoms with van der Waals surface area (Å²) in [7, 11) is 0. The summed E-state index contributed by atoms with van der Waals surface area (Å²) in [5.74, 6) is 0. The average Bonchev–Trinajstić information content (AvgIpc) is 2.42. The predicted molar refractivity (Wildman–Crippen MR) is 71.2 cm³/mol. The SMILES string of the molecule is C=C/C=C1\C(=C)CCc2ccccc2C1=C. The molecular weight excluding hydrogens is 192 g/mol. The van der Waals surface area contributed by atoms with Gasteiger partial charge in [-0.15, -0.1) is 0 Å². The van der Waals surface area contributed by atoms with Crippen molar-refractivity contribution in [3.05, 3.63) is 78.4 Å². The third kappa shape index (κ3) is 1.79. The first-order valence-corrected chi connectivity index (χ1v) is 5.52. The van der Waals surface area contributed by atoms with E-state index in [9.17, 15) is 0 Å². The molecule has 1 aromatic rings. The monoisotopic (exact) mass is 208 g/mol. The quantitative estimate of drug-likeness (QED) is 0.603. The molecule has 0 nitrogen and oxygen atoms in total. The van der Waals surface area contributed by atoms with Gasteiger partial charge in [0.25, 0.3) is 0 Å². The zero-order chi connectivity index (χ0) is 11.5. The Balaban J connectivity index is 2.56. The van der Waals surface area contributed by atoms with Gasteiger partial charge in [-0.2, -0.15) is 0 Å². The van der Waals surface area contributed by atoms with E-state index in [1.165, 1.54) is 11.1 Å². The van der Waals surface area contributed by atoms with Gasteiger partial charge >= 0.3 is 0 Å². The number of fused-ring (bicyclic) bond motifs is 1. The fourth-order valence-corrected chi connectivity index (χ4v) is 2.15. The van der Waals surface area contributed by atoms with Gasteiger partial charge in [-0.05, 0) is 40.7 Å². The third-order valence-electron chi connectivity index (χ3n) is 3.03. The average molecular weight is 208 g/mol. The van der Waals surface area contributed by atoms with Gasteiger partial charge in [0.15, 0.2) is 0 Å². The molecular formula is C16H16. The minimum atomic E-state index is 0.996. The first-order chi connectivity index (χ1) is 7.74. The van der Waals surface area contributed by atoms with Crippen LogP contribution in [0.3, 0.4) is 0 Å². The van der Waals surface area contributed by atoms with E-state index in [0.29, 0.717) is 0 Å². The van der Waals surface area contributed by atoms with Gasteiger partial charge in [-0.1, -0.05) is 56.2 Å². The highest BCUT2D eigenvalue weighted by Crippen LogP contribution is 2.34. The Morgan fingerprint density at radius 3 is 2.56 bits per heavy atom. The third-order valence-corrected chi connectivity index (χ3v) is 3.03. The number of rotatable bonds is 1. The summed E-state index contributed by atoms with van der Waals surface area (Å²) in [6.45, 7) is 12.1. The fourth-order valence-electron chi connectivity index (χ4n) is 2.15. The topological polar surface area (TPSA) is 0 Å². The molecule has 0 amide bonds. The smallest absolute Gasteiger partial charge is 0.0152 e. The Morgan fingerprint density at radius 1 is 1.06 bits per heavy atom. The molecule has 2 rings (SSSR count). The number of allylic oxidation sites excluding steroid dienone is 5. The van der Waals surface area contributed by atoms with Crippen molar-refractivity contribution in [3.8, 4) is 0 Å². The van der Waals surface area contributed by atoms with E-state index in [0.717, 1.165) is 29.6 Å². The Morgan fingerprint density at radius 2 is 1.81 bits per heavy atom. The molecule has 1 aromatic carbocycles. The van der Waals surface area contributed by atoms with Gasteiger partial charge in [0.05, 0.1) is 0 Å². The van der Waals surface area contributed by atoms with Crippen LogP contribution in [0.2, 0.25) is 0 Å². The Labute approximate surface area is 97.3 Å². The van der Waals surface area contributed by atoms with E-state index in [1.54, 1.807) is 6.08 Å². The second-order valence-electron chi connectivity index (χ2n) is 4.06. The fraction of sp³-hybridized carbons (Fsp3) is 0.125. The molecule has 0 atom stereocenters. The number of hydrogen-bond donors (Lipinski definition) is 0. The molecule has 0 bridgehead atoms. The molecule has 0 heteroatoms. The molecule has 0 aromatic heterocycles. The molecule has 0 radical (unpaired) electrons. The van der Waals surface area contributed by atoms with Crippen LogP contribution in [0.4, 0.5) is 0 Å². The maximum atomic E-state index is 4.19. The van der Waals surface area contributed by atoms with Crippen molar-refractivity contribution in [1.82, 2.24) is 0 Å². The summed E-state index contributed by atoms with van der Waals surface area (Å²) in [5, 5.41) is 0. The minimum Gasteiger partial charge on any atom is -0.0990 e. The Kier molecular flexibility index (Phi) is 2.91. The van der Waals surface area contributed by atoms with E-state index < -0.39 is 0 Å². The van der Waals surface area contributed by atoms with E-state index in [-0.39, 0.29) is 0 Å². The van der Waals surface area contributed by atoms with Gasteiger partial charge in [-0.3, -0.25) is 0 Å². The van der Waals surface area contributed by atoms with Crippen LogP contribution in [0, 0.1) is 0 Å². The van der Waals surface area contributed by atoms with Crippen LogP contribution >= 0.6 is 0 Å². The summed E-state index contributed by atoms with van der Waals surface area (Å²) in [6, 6.07) is 8.44. The molecule has 0 aliphatic heterocycles. The summed E-state index contributed by atoms with van der Waals surface area (Å²) in [6.07, 6.45) is 5.85. The molecule has 1 aliphatic carbocycles. The van der Waals surface area contributed by atoms with E-state index >= 15 is 0 Å². The molecule has 0 spiro atoms. The molecule has 0 saturated carbocycles. The standard InChI is InChI=1S/C16H16/c1-4-7-15-12(2)10-11-14-8-5-6-9-16(14)13(15)3/h4-9H,1-3,10-11H2/b15-7+. The maximum absolute atomic E-state index is 4.19. The molecule has 0 saturated heterocycles. The second kappa shape index (κ2) is 4.36. The zero-order valence-electron chi connectivity index (χ0n) is 9.50. The highest BCUT2D eigenvalue weighted by Gasteiger charge is 2.16. The zero-order valence-corrected chi connectivity index (χ0v) is 9.50. The summed E-state index contributed by atoms with van der Waals surface area (Å²) in [5.41, 5.74) is 5.97. The van der Waals surface area contributed by atoms with Crippen molar-refractivity contribution < 1.29 is 0 Å². The van der Waals surface area contributed by atoms with Crippen LogP contribution in [0.15, 0.2) is 67.3 Å². The van der Waals surface area contributed by atoms with E-state index in [1.807, 2.05) is 6.08 Å². The molecule has 0 heterocycles. The van der Waals surface area contributed by atoms with Crippen LogP contribution in [0.5, 0.6) is 0 Å². The molecule has 0 N–H and O–H groups in total. The van der Waals surface area contributed by atoms with Crippen LogP contribution < -0.4 is 0 Å². The molecule has 0 fully saturated rings. The van der Waals surface area contributed by atoms with E-state index in [2.05, 4.69) is 44.0 Å². The second-order valence-corrected chi connectivity index (χ2v) is 4.06. The first-order valence-electron chi connectivity index (χ1n) is 5.52. The van der Waals surface area contributed by atoms with Crippen LogP contribution in [0.1, 0.15) is 17.5 Å². The number of aryl methyl sites for hydroxylation is 1. The highest BCUT2D eigenvalue weighted by molar-refractivity contribution is 5.84. The van der Waals surface area contributed by atoms with Crippen molar-refractivity contribution in [2.45, 2.75) is 12.8 Å². The van der Waals surface area contributed by atoms with Crippen molar-refractivity contribution in [1.29, 1.82) is 0 Å². The summed E-state index contributed by atoms with van der Waals surface area (Å²) < 4.78 is 0. The van der Waals surface area contributed by atoms with Gasteiger partial charge in [0.1, 0.15) is 0 Å². The normalized spacial score (nSPS) is 18.1. The van der Waals surface area contributed by atoms with Crippen molar-refractivity contribution in [2.75, 3.05) is 0 Å². The predicted octanol–water partition coefficient (Wildman–Crippen LogP) is 4.31. The van der Waals surface area contributed by atoms with Crippen LogP contribution in [-0.2, 0) is 6.42 Å². The van der Waals surface area contributed by atoms with Gasteiger partial charge in [0, 0.05) is 0 Å². The minimum absolute atomic E-state index is 0.996. The maximum Gasteiger partial charge on any atom is -0.0152 e. The van der Waals surface area contributed by atoms with Crippen molar-refractivity contribution in [3.63, 3.8) is 0 Å². The lowest BCUT2D eigenvalue weighted by Gasteiger charge is -2.10. The van der Waals surface area contributed by atoms with Gasteiger partial charge in [-0.25, -0.2) is 0 Å². The summed E-state index contributed by atoms with van der Waals surface area (Å²) in [4.78, 5) is 0. The largest absolute Gasteiger partial charge is 0.0990 e. The van der Waals surface area contributed by atoms with Crippen LogP contribution in [0.25, 0.3) is 5.57 Å². The van der Waals surface area contributed by atoms with Crippen molar-refractivity contribution in [2.24, 2.45) is 0 Å². The Hall–Kier alpha value is -1.82. The lowest BCUT2D eigenvalue weighted by atomic mass is 9.95. The number of hydrogen-bond acceptors (Lipinski definition) is 0. The number of benzene rings is 1. The van der Waals surface area contributed by atoms with Crippen molar-refractivity contribution >= 4 is 5.57 Å². The molecule has 16 heavy (non-hydrogen) atoms. The molecule has 80 valence electrons. The van der Waals surface area contributed by atoms with Gasteiger partial charge in [0.2, 0.25) is 0 Å². The summed E-state index contributed by atoms with van der Waals surface area (Å²) >= 11 is 0. The first kappa shape index (κ1) is 10.7. The Bertz CT molecular complexity index is 487. The van der Waals surface area contributed by atoms with E-state index in [4.69, 9.17) is 0 Å². The van der Waals surface area contributed by atoms with Gasteiger partial charge < -0.3 is 0 Å². The lowest BCUT2D eigenvalue weighted by Crippen LogP contribution is -1.89. The van der Waals surface area contributed by atoms with Crippen LogP contribution in [-0.4, -0.2) is 0 Å².